The smallest absolute Gasteiger partial charge is 0.252 e. The summed E-state index contributed by atoms with van der Waals surface area (Å²) < 4.78 is 0. The lowest BCUT2D eigenvalue weighted by molar-refractivity contribution is 0.195. The maximum Gasteiger partial charge on any atom is 0.252 e. The summed E-state index contributed by atoms with van der Waals surface area (Å²) in [5.74, 6) is 0. The van der Waals surface area contributed by atoms with E-state index in [1.165, 1.54) is 115 Å². The average molecular weight is 774 g/mol. The topological polar surface area (TPSA) is 9.72 Å². The van der Waals surface area contributed by atoms with Gasteiger partial charge >= 0.3 is 0 Å². The van der Waals surface area contributed by atoms with E-state index in [9.17, 15) is 0 Å². The molecule has 0 N–H and O–H groups in total. The Morgan fingerprint density at radius 1 is 0.559 bits per heavy atom. The van der Waals surface area contributed by atoms with Gasteiger partial charge in [0, 0.05) is 45.2 Å². The Morgan fingerprint density at radius 2 is 1.17 bits per heavy atom. The standard InChI is InChI=1S/C55H60BN3/c1-35-17-22-40(23-18-35)57(41-24-19-36(2)20-25-41)43-33-48-50-49(34-43)59-51-44(54(10)27-12-13-28-55(54,59)11)29-37(3)30-46(51)56(50)45-26-21-39(53(7,8)9)32-47(45)58(48)42-16-14-15-38(31-42)52(4,5)6/h14-26,29-34H,12-13,27-28H2,1-11H3. The zero-order valence-electron chi connectivity index (χ0n) is 37.2. The summed E-state index contributed by atoms with van der Waals surface area (Å²) in [5, 5.41) is 0. The molecular formula is C55H60BN3. The number of anilines is 8. The van der Waals surface area contributed by atoms with Gasteiger partial charge < -0.3 is 14.7 Å². The molecule has 0 bridgehead atoms. The highest BCUT2D eigenvalue weighted by atomic mass is 15.3. The molecule has 3 nitrogen and oxygen atoms in total. The van der Waals surface area contributed by atoms with Gasteiger partial charge in [-0.2, -0.15) is 0 Å². The second kappa shape index (κ2) is 12.9. The van der Waals surface area contributed by atoms with Crippen molar-refractivity contribution in [1.29, 1.82) is 0 Å². The van der Waals surface area contributed by atoms with Crippen molar-refractivity contribution in [3.63, 3.8) is 0 Å². The van der Waals surface area contributed by atoms with Crippen LogP contribution in [0.5, 0.6) is 0 Å². The van der Waals surface area contributed by atoms with Crippen LogP contribution in [0, 0.1) is 20.8 Å². The average Bonchev–Trinajstić information content (AvgIpc) is 3.40. The van der Waals surface area contributed by atoms with Gasteiger partial charge in [0.15, 0.2) is 0 Å². The first-order valence-corrected chi connectivity index (χ1v) is 22.1. The molecule has 59 heavy (non-hydrogen) atoms. The summed E-state index contributed by atoms with van der Waals surface area (Å²) in [6, 6.07) is 45.2. The molecule has 298 valence electrons. The number of benzene rings is 6. The summed E-state index contributed by atoms with van der Waals surface area (Å²) in [6.07, 6.45) is 4.90. The Hall–Kier alpha value is -5.22. The third kappa shape index (κ3) is 5.61. The number of hydrogen-bond donors (Lipinski definition) is 0. The molecule has 0 spiro atoms. The first-order valence-electron chi connectivity index (χ1n) is 22.1. The summed E-state index contributed by atoms with van der Waals surface area (Å²) in [4.78, 5) is 8.01. The molecule has 0 amide bonds. The molecule has 1 aliphatic carbocycles. The quantitative estimate of drug-likeness (QED) is 0.165. The SMILES string of the molecule is Cc1ccc(N(c2ccc(C)cc2)c2cc3c4c(c2)N2c5c(cc(C)cc5C5(C)CCCCC25C)B4c2ccc(C(C)(C)C)cc2N3c2cccc(C(C)(C)C)c2)cc1. The van der Waals surface area contributed by atoms with Crippen molar-refractivity contribution in [1.82, 2.24) is 0 Å². The molecule has 1 saturated carbocycles. The monoisotopic (exact) mass is 773 g/mol. The molecule has 2 atom stereocenters. The van der Waals surface area contributed by atoms with Crippen molar-refractivity contribution in [2.45, 2.75) is 124 Å². The van der Waals surface area contributed by atoms with E-state index in [0.29, 0.717) is 0 Å². The summed E-state index contributed by atoms with van der Waals surface area (Å²) in [6.45, 7) is 26.0. The van der Waals surface area contributed by atoms with Gasteiger partial charge in [-0.3, -0.25) is 0 Å². The lowest BCUT2D eigenvalue weighted by Gasteiger charge is -2.53. The molecule has 3 heterocycles. The van der Waals surface area contributed by atoms with Crippen LogP contribution in [0.25, 0.3) is 0 Å². The van der Waals surface area contributed by atoms with E-state index in [-0.39, 0.29) is 28.5 Å². The molecule has 6 aromatic rings. The predicted molar refractivity (Wildman–Crippen MR) is 255 cm³/mol. The maximum absolute atomic E-state index is 2.87. The lowest BCUT2D eigenvalue weighted by atomic mass is 9.33. The number of hydrogen-bond acceptors (Lipinski definition) is 3. The first kappa shape index (κ1) is 38.0. The zero-order chi connectivity index (χ0) is 41.4. The van der Waals surface area contributed by atoms with Gasteiger partial charge in [-0.15, -0.1) is 0 Å². The Kier molecular flexibility index (Phi) is 8.31. The van der Waals surface area contributed by atoms with Crippen LogP contribution in [0.4, 0.5) is 45.5 Å². The minimum atomic E-state index is -0.0701. The van der Waals surface area contributed by atoms with Crippen LogP contribution in [0.3, 0.4) is 0 Å². The van der Waals surface area contributed by atoms with Crippen LogP contribution in [-0.2, 0) is 16.2 Å². The second-order valence-corrected chi connectivity index (χ2v) is 20.9. The Morgan fingerprint density at radius 3 is 1.81 bits per heavy atom. The maximum atomic E-state index is 2.87. The molecule has 4 heteroatoms. The summed E-state index contributed by atoms with van der Waals surface area (Å²) >= 11 is 0. The molecule has 2 unspecified atom stereocenters. The van der Waals surface area contributed by atoms with Gasteiger partial charge in [0.25, 0.3) is 6.71 Å². The van der Waals surface area contributed by atoms with E-state index in [1.807, 2.05) is 0 Å². The van der Waals surface area contributed by atoms with Gasteiger partial charge in [-0.25, -0.2) is 0 Å². The lowest BCUT2D eigenvalue weighted by Crippen LogP contribution is -2.64. The summed E-state index contributed by atoms with van der Waals surface area (Å²) in [5.41, 5.74) is 22.5. The van der Waals surface area contributed by atoms with Crippen molar-refractivity contribution in [3.05, 3.63) is 149 Å². The van der Waals surface area contributed by atoms with Crippen molar-refractivity contribution in [2.75, 3.05) is 14.7 Å². The second-order valence-electron chi connectivity index (χ2n) is 20.9. The third-order valence-electron chi connectivity index (χ3n) is 14.8. The van der Waals surface area contributed by atoms with Crippen LogP contribution in [0.2, 0.25) is 0 Å². The molecular weight excluding hydrogens is 713 g/mol. The van der Waals surface area contributed by atoms with E-state index in [4.69, 9.17) is 0 Å². The minimum Gasteiger partial charge on any atom is -0.335 e. The Bertz CT molecular complexity index is 2620. The molecule has 1 fully saturated rings. The van der Waals surface area contributed by atoms with Crippen LogP contribution < -0.4 is 31.1 Å². The van der Waals surface area contributed by atoms with E-state index >= 15 is 0 Å². The molecule has 10 rings (SSSR count). The van der Waals surface area contributed by atoms with Crippen molar-refractivity contribution >= 4 is 68.6 Å². The molecule has 3 aliphatic heterocycles. The van der Waals surface area contributed by atoms with Crippen LogP contribution in [-0.4, -0.2) is 12.3 Å². The predicted octanol–water partition coefficient (Wildman–Crippen LogP) is 13.0. The highest BCUT2D eigenvalue weighted by Gasteiger charge is 2.61. The van der Waals surface area contributed by atoms with Gasteiger partial charge in [0.2, 0.25) is 0 Å². The molecule has 0 aromatic heterocycles. The van der Waals surface area contributed by atoms with Crippen molar-refractivity contribution in [3.8, 4) is 0 Å². The van der Waals surface area contributed by atoms with E-state index in [0.717, 1.165) is 0 Å². The van der Waals surface area contributed by atoms with Crippen molar-refractivity contribution < 1.29 is 0 Å². The summed E-state index contributed by atoms with van der Waals surface area (Å²) in [7, 11) is 0. The Balaban J connectivity index is 1.36. The number of rotatable bonds is 4. The van der Waals surface area contributed by atoms with Gasteiger partial charge in [0.05, 0.1) is 11.2 Å². The molecule has 0 radical (unpaired) electrons. The molecule has 6 aromatic carbocycles. The highest BCUT2D eigenvalue weighted by molar-refractivity contribution is 7.00. The van der Waals surface area contributed by atoms with Crippen LogP contribution in [0.15, 0.2) is 115 Å². The van der Waals surface area contributed by atoms with Crippen molar-refractivity contribution in [2.24, 2.45) is 0 Å². The van der Waals surface area contributed by atoms with E-state index in [1.54, 1.807) is 5.56 Å². The molecule has 4 aliphatic rings. The Labute approximate surface area is 354 Å². The minimum absolute atomic E-state index is 0.00181. The first-order chi connectivity index (χ1) is 28.0. The number of aryl methyl sites for hydroxylation is 3. The van der Waals surface area contributed by atoms with Crippen LogP contribution >= 0.6 is 0 Å². The number of fused-ring (bicyclic) bond motifs is 7. The van der Waals surface area contributed by atoms with E-state index < -0.39 is 0 Å². The zero-order valence-corrected chi connectivity index (χ0v) is 37.2. The van der Waals surface area contributed by atoms with Crippen LogP contribution in [0.1, 0.15) is 114 Å². The third-order valence-corrected chi connectivity index (χ3v) is 14.8. The normalized spacial score (nSPS) is 20.2. The fraction of sp³-hybridized carbons (Fsp3) is 0.345. The number of nitrogens with zero attached hydrogens (tertiary/aromatic N) is 3. The largest absolute Gasteiger partial charge is 0.335 e. The van der Waals surface area contributed by atoms with Gasteiger partial charge in [-0.1, -0.05) is 139 Å². The molecule has 0 saturated heterocycles. The highest BCUT2D eigenvalue weighted by Crippen LogP contribution is 2.62. The van der Waals surface area contributed by atoms with Gasteiger partial charge in [-0.05, 0) is 139 Å². The fourth-order valence-electron chi connectivity index (χ4n) is 11.3. The van der Waals surface area contributed by atoms with Gasteiger partial charge in [0.1, 0.15) is 0 Å². The van der Waals surface area contributed by atoms with E-state index in [2.05, 4.69) is 206 Å². The fourth-order valence-corrected chi connectivity index (χ4v) is 11.3.